The van der Waals surface area contributed by atoms with Crippen molar-refractivity contribution < 1.29 is 9.94 Å². The molecule has 6 heteroatoms. The number of nitrogens with two attached hydrogens (primary N) is 1. The maximum absolute atomic E-state index is 8.89. The average Bonchev–Trinajstić information content (AvgIpc) is 2.88. The van der Waals surface area contributed by atoms with E-state index >= 15 is 0 Å². The zero-order valence-corrected chi connectivity index (χ0v) is 12.0. The Morgan fingerprint density at radius 1 is 1.63 bits per heavy atom. The number of hydrogen-bond donors (Lipinski definition) is 2. The monoisotopic (exact) mass is 281 g/mol. The van der Waals surface area contributed by atoms with Gasteiger partial charge in [0.05, 0.1) is 11.7 Å². The van der Waals surface area contributed by atoms with E-state index in [2.05, 4.69) is 10.1 Å². The van der Waals surface area contributed by atoms with Gasteiger partial charge < -0.3 is 15.7 Å². The third-order valence-electron chi connectivity index (χ3n) is 3.10. The largest absolute Gasteiger partial charge is 0.409 e. The molecule has 1 saturated heterocycles. The van der Waals surface area contributed by atoms with Crippen molar-refractivity contribution in [2.75, 3.05) is 12.4 Å². The first-order valence-electron chi connectivity index (χ1n) is 6.32. The second-order valence-electron chi connectivity index (χ2n) is 4.65. The smallest absolute Gasteiger partial charge is 0.173 e. The SMILES string of the molecule is Cc1cc(SCC2CCCO2)c(/C(N)=N/O)c(C)n1. The molecular formula is C13H19N3O2S. The Labute approximate surface area is 117 Å². The van der Waals surface area contributed by atoms with Crippen LogP contribution in [0, 0.1) is 13.8 Å². The highest BCUT2D eigenvalue weighted by atomic mass is 32.2. The molecule has 1 aromatic rings. The van der Waals surface area contributed by atoms with E-state index < -0.39 is 0 Å². The summed E-state index contributed by atoms with van der Waals surface area (Å²) in [6.07, 6.45) is 2.54. The van der Waals surface area contributed by atoms with Crippen LogP contribution in [0.4, 0.5) is 0 Å². The molecule has 0 saturated carbocycles. The van der Waals surface area contributed by atoms with Crippen LogP contribution < -0.4 is 5.73 Å². The van der Waals surface area contributed by atoms with Crippen molar-refractivity contribution in [3.8, 4) is 0 Å². The molecule has 1 atom stereocenters. The Bertz CT molecular complexity index is 485. The number of aryl methyl sites for hydroxylation is 2. The number of nitrogens with zero attached hydrogens (tertiary/aromatic N) is 2. The van der Waals surface area contributed by atoms with Gasteiger partial charge in [0.25, 0.3) is 0 Å². The van der Waals surface area contributed by atoms with Gasteiger partial charge >= 0.3 is 0 Å². The summed E-state index contributed by atoms with van der Waals surface area (Å²) in [5.41, 5.74) is 8.18. The maximum atomic E-state index is 8.89. The molecule has 0 bridgehead atoms. The molecule has 2 heterocycles. The summed E-state index contributed by atoms with van der Waals surface area (Å²) >= 11 is 1.68. The van der Waals surface area contributed by atoms with Gasteiger partial charge in [0, 0.05) is 28.6 Å². The minimum Gasteiger partial charge on any atom is -0.409 e. The van der Waals surface area contributed by atoms with Crippen LogP contribution in [0.2, 0.25) is 0 Å². The lowest BCUT2D eigenvalue weighted by molar-refractivity contribution is 0.129. The third-order valence-corrected chi connectivity index (χ3v) is 4.28. The number of oxime groups is 1. The lowest BCUT2D eigenvalue weighted by Crippen LogP contribution is -2.18. The highest BCUT2D eigenvalue weighted by Crippen LogP contribution is 2.28. The van der Waals surface area contributed by atoms with Crippen LogP contribution in [0.1, 0.15) is 29.8 Å². The van der Waals surface area contributed by atoms with E-state index in [-0.39, 0.29) is 5.84 Å². The van der Waals surface area contributed by atoms with E-state index in [1.54, 1.807) is 11.8 Å². The minimum absolute atomic E-state index is 0.111. The van der Waals surface area contributed by atoms with E-state index in [9.17, 15) is 0 Å². The third kappa shape index (κ3) is 3.39. The van der Waals surface area contributed by atoms with Gasteiger partial charge in [0.15, 0.2) is 5.84 Å². The fraction of sp³-hybridized carbons (Fsp3) is 0.538. The van der Waals surface area contributed by atoms with E-state index in [0.29, 0.717) is 6.10 Å². The van der Waals surface area contributed by atoms with Gasteiger partial charge in [0.1, 0.15) is 0 Å². The van der Waals surface area contributed by atoms with Gasteiger partial charge in [-0.05, 0) is 32.8 Å². The van der Waals surface area contributed by atoms with Gasteiger partial charge in [-0.15, -0.1) is 11.8 Å². The molecule has 1 aromatic heterocycles. The molecule has 5 nitrogen and oxygen atoms in total. The molecule has 0 aliphatic carbocycles. The lowest BCUT2D eigenvalue weighted by atomic mass is 10.1. The first-order valence-corrected chi connectivity index (χ1v) is 7.31. The van der Waals surface area contributed by atoms with Gasteiger partial charge in [-0.1, -0.05) is 5.16 Å². The van der Waals surface area contributed by atoms with Gasteiger partial charge in [-0.3, -0.25) is 4.98 Å². The summed E-state index contributed by atoms with van der Waals surface area (Å²) in [5.74, 6) is 0.994. The molecule has 2 rings (SSSR count). The fourth-order valence-electron chi connectivity index (χ4n) is 2.23. The number of aromatic nitrogens is 1. The Hall–Kier alpha value is -1.27. The van der Waals surface area contributed by atoms with Crippen LogP contribution in [0.5, 0.6) is 0 Å². The number of rotatable bonds is 4. The maximum Gasteiger partial charge on any atom is 0.173 e. The summed E-state index contributed by atoms with van der Waals surface area (Å²) in [6, 6.07) is 1.97. The quantitative estimate of drug-likeness (QED) is 0.290. The van der Waals surface area contributed by atoms with Crippen LogP contribution >= 0.6 is 11.8 Å². The van der Waals surface area contributed by atoms with Crippen molar-refractivity contribution in [1.82, 2.24) is 4.98 Å². The van der Waals surface area contributed by atoms with Crippen LogP contribution in [0.25, 0.3) is 0 Å². The average molecular weight is 281 g/mol. The van der Waals surface area contributed by atoms with Crippen LogP contribution in [0.3, 0.4) is 0 Å². The molecule has 0 amide bonds. The number of pyridine rings is 1. The standard InChI is InChI=1S/C13H19N3O2S/c1-8-6-11(19-7-10-4-3-5-18-10)12(9(2)15-8)13(14)16-17/h6,10,17H,3-5,7H2,1-2H3,(H2,14,16). The number of ether oxygens (including phenoxy) is 1. The predicted molar refractivity (Wildman–Crippen MR) is 75.9 cm³/mol. The molecular weight excluding hydrogens is 262 g/mol. The normalized spacial score (nSPS) is 19.9. The second-order valence-corrected chi connectivity index (χ2v) is 5.72. The first kappa shape index (κ1) is 14.1. The van der Waals surface area contributed by atoms with Crippen molar-refractivity contribution in [3.63, 3.8) is 0 Å². The Balaban J connectivity index is 2.21. The molecule has 0 spiro atoms. The van der Waals surface area contributed by atoms with Crippen molar-refractivity contribution in [3.05, 3.63) is 23.0 Å². The van der Waals surface area contributed by atoms with Crippen LogP contribution in [0.15, 0.2) is 16.1 Å². The zero-order chi connectivity index (χ0) is 13.8. The molecule has 1 aliphatic heterocycles. The fourth-order valence-corrected chi connectivity index (χ4v) is 3.51. The topological polar surface area (TPSA) is 80.7 Å². The summed E-state index contributed by atoms with van der Waals surface area (Å²) in [5, 5.41) is 12.0. The number of hydrogen-bond acceptors (Lipinski definition) is 5. The number of amidine groups is 1. The van der Waals surface area contributed by atoms with Crippen LogP contribution in [-0.4, -0.2) is 34.5 Å². The van der Waals surface area contributed by atoms with Crippen molar-refractivity contribution in [2.24, 2.45) is 10.9 Å². The zero-order valence-electron chi connectivity index (χ0n) is 11.2. The first-order chi connectivity index (χ1) is 9.11. The highest BCUT2D eigenvalue weighted by Gasteiger charge is 2.18. The molecule has 19 heavy (non-hydrogen) atoms. The van der Waals surface area contributed by atoms with E-state index in [0.717, 1.165) is 47.0 Å². The number of thioether (sulfide) groups is 1. The highest BCUT2D eigenvalue weighted by molar-refractivity contribution is 7.99. The van der Waals surface area contributed by atoms with E-state index in [1.807, 2.05) is 19.9 Å². The molecule has 0 aromatic carbocycles. The van der Waals surface area contributed by atoms with E-state index in [1.165, 1.54) is 0 Å². The molecule has 1 aliphatic rings. The van der Waals surface area contributed by atoms with Gasteiger partial charge in [-0.25, -0.2) is 0 Å². The second kappa shape index (κ2) is 6.25. The summed E-state index contributed by atoms with van der Waals surface area (Å²) in [7, 11) is 0. The molecule has 104 valence electrons. The predicted octanol–water partition coefficient (Wildman–Crippen LogP) is 2.06. The van der Waals surface area contributed by atoms with Crippen molar-refractivity contribution in [2.45, 2.75) is 37.7 Å². The Morgan fingerprint density at radius 3 is 3.05 bits per heavy atom. The van der Waals surface area contributed by atoms with Gasteiger partial charge in [0.2, 0.25) is 0 Å². The Morgan fingerprint density at radius 2 is 2.42 bits per heavy atom. The van der Waals surface area contributed by atoms with E-state index in [4.69, 9.17) is 15.7 Å². The summed E-state index contributed by atoms with van der Waals surface area (Å²) in [6.45, 7) is 4.67. The van der Waals surface area contributed by atoms with Crippen LogP contribution in [-0.2, 0) is 4.74 Å². The molecule has 1 unspecified atom stereocenters. The summed E-state index contributed by atoms with van der Waals surface area (Å²) in [4.78, 5) is 5.36. The molecule has 0 radical (unpaired) electrons. The summed E-state index contributed by atoms with van der Waals surface area (Å²) < 4.78 is 5.61. The Kier molecular flexibility index (Phi) is 4.66. The lowest BCUT2D eigenvalue weighted by Gasteiger charge is -2.14. The van der Waals surface area contributed by atoms with Crippen molar-refractivity contribution >= 4 is 17.6 Å². The van der Waals surface area contributed by atoms with Gasteiger partial charge in [-0.2, -0.15) is 0 Å². The van der Waals surface area contributed by atoms with Crippen molar-refractivity contribution in [1.29, 1.82) is 0 Å². The molecule has 3 N–H and O–H groups in total. The molecule has 1 fully saturated rings. The minimum atomic E-state index is 0.111.